The van der Waals surface area contributed by atoms with E-state index in [-0.39, 0.29) is 0 Å². The molecule has 0 aliphatic carbocycles. The van der Waals surface area contributed by atoms with E-state index in [1.165, 1.54) is 35.5 Å². The minimum atomic E-state index is 0.307. The quantitative estimate of drug-likeness (QED) is 0.899. The van der Waals surface area contributed by atoms with Gasteiger partial charge in [0.05, 0.1) is 6.04 Å². The monoisotopic (exact) mass is 283 g/mol. The molecule has 0 aromatic heterocycles. The molecule has 20 heavy (non-hydrogen) atoms. The summed E-state index contributed by atoms with van der Waals surface area (Å²) in [5, 5.41) is 3.87. The van der Waals surface area contributed by atoms with Crippen LogP contribution in [0.15, 0.2) is 60.7 Å². The minimum absolute atomic E-state index is 0.307. The van der Waals surface area contributed by atoms with Crippen molar-refractivity contribution in [3.63, 3.8) is 0 Å². The largest absolute Gasteiger partial charge is 0.303 e. The summed E-state index contributed by atoms with van der Waals surface area (Å²) in [6, 6.07) is 22.5. The Labute approximate surface area is 125 Å². The zero-order valence-corrected chi connectivity index (χ0v) is 12.5. The summed E-state index contributed by atoms with van der Waals surface area (Å²) in [5.41, 5.74) is 2.71. The fraction of sp³-hybridized carbons (Fsp3) is 0.333. The molecule has 1 fully saturated rings. The van der Waals surface area contributed by atoms with Crippen LogP contribution in [0.1, 0.15) is 30.0 Å². The van der Waals surface area contributed by atoms with Crippen LogP contribution in [-0.2, 0) is 0 Å². The SMILES string of the molecule is c1ccc(C(NC2CCCSC2)c2ccccc2)cc1. The molecular weight excluding hydrogens is 262 g/mol. The number of benzene rings is 2. The highest BCUT2D eigenvalue weighted by Gasteiger charge is 2.20. The van der Waals surface area contributed by atoms with E-state index in [0.29, 0.717) is 12.1 Å². The van der Waals surface area contributed by atoms with Crippen molar-refractivity contribution in [2.24, 2.45) is 0 Å². The molecular formula is C18H21NS. The molecule has 0 saturated carbocycles. The van der Waals surface area contributed by atoms with Gasteiger partial charge in [0.1, 0.15) is 0 Å². The van der Waals surface area contributed by atoms with E-state index < -0.39 is 0 Å². The zero-order valence-electron chi connectivity index (χ0n) is 11.7. The Morgan fingerprint density at radius 3 is 2.00 bits per heavy atom. The van der Waals surface area contributed by atoms with Gasteiger partial charge in [0, 0.05) is 11.8 Å². The van der Waals surface area contributed by atoms with Crippen molar-refractivity contribution in [3.8, 4) is 0 Å². The van der Waals surface area contributed by atoms with Crippen molar-refractivity contribution in [1.29, 1.82) is 0 Å². The van der Waals surface area contributed by atoms with Gasteiger partial charge in [-0.15, -0.1) is 0 Å². The summed E-state index contributed by atoms with van der Waals surface area (Å²) < 4.78 is 0. The lowest BCUT2D eigenvalue weighted by Gasteiger charge is -2.29. The summed E-state index contributed by atoms with van der Waals surface area (Å²) in [4.78, 5) is 0. The van der Waals surface area contributed by atoms with Crippen LogP contribution in [0.4, 0.5) is 0 Å². The lowest BCUT2D eigenvalue weighted by atomic mass is 9.97. The average molecular weight is 283 g/mol. The van der Waals surface area contributed by atoms with Crippen LogP contribution in [0.3, 0.4) is 0 Å². The van der Waals surface area contributed by atoms with E-state index >= 15 is 0 Å². The molecule has 1 nitrogen and oxygen atoms in total. The summed E-state index contributed by atoms with van der Waals surface area (Å²) in [5.74, 6) is 2.55. The minimum Gasteiger partial charge on any atom is -0.303 e. The highest BCUT2D eigenvalue weighted by atomic mass is 32.2. The number of hydrogen-bond acceptors (Lipinski definition) is 2. The predicted octanol–water partition coefficient (Wildman–Crippen LogP) is 4.26. The Kier molecular flexibility index (Phi) is 4.77. The molecule has 1 aliphatic heterocycles. The van der Waals surface area contributed by atoms with Crippen LogP contribution in [0, 0.1) is 0 Å². The van der Waals surface area contributed by atoms with Crippen LogP contribution in [0.25, 0.3) is 0 Å². The molecule has 1 unspecified atom stereocenters. The lowest BCUT2D eigenvalue weighted by Crippen LogP contribution is -2.37. The van der Waals surface area contributed by atoms with Gasteiger partial charge in [-0.1, -0.05) is 60.7 Å². The van der Waals surface area contributed by atoms with E-state index in [1.807, 2.05) is 0 Å². The van der Waals surface area contributed by atoms with Gasteiger partial charge in [0.2, 0.25) is 0 Å². The van der Waals surface area contributed by atoms with Crippen LogP contribution >= 0.6 is 11.8 Å². The molecule has 1 atom stereocenters. The molecule has 1 N–H and O–H groups in total. The number of rotatable bonds is 4. The van der Waals surface area contributed by atoms with E-state index in [1.54, 1.807) is 0 Å². The zero-order chi connectivity index (χ0) is 13.6. The van der Waals surface area contributed by atoms with Gasteiger partial charge >= 0.3 is 0 Å². The van der Waals surface area contributed by atoms with Gasteiger partial charge in [-0.2, -0.15) is 11.8 Å². The number of nitrogens with one attached hydrogen (secondary N) is 1. The fourth-order valence-corrected chi connectivity index (χ4v) is 3.87. The van der Waals surface area contributed by atoms with E-state index in [4.69, 9.17) is 0 Å². The summed E-state index contributed by atoms with van der Waals surface area (Å²) >= 11 is 2.07. The second kappa shape index (κ2) is 6.96. The standard InChI is InChI=1S/C18H21NS/c1-3-8-15(9-4-1)18(16-10-5-2-6-11-16)19-17-12-7-13-20-14-17/h1-6,8-11,17-19H,7,12-14H2. The Hall–Kier alpha value is -1.25. The summed E-state index contributed by atoms with van der Waals surface area (Å²) in [6.07, 6.45) is 2.63. The smallest absolute Gasteiger partial charge is 0.0579 e. The van der Waals surface area contributed by atoms with E-state index in [9.17, 15) is 0 Å². The Morgan fingerprint density at radius 2 is 1.50 bits per heavy atom. The highest BCUT2D eigenvalue weighted by molar-refractivity contribution is 7.99. The molecule has 0 bridgehead atoms. The maximum absolute atomic E-state index is 3.87. The second-order valence-electron chi connectivity index (χ2n) is 5.34. The van der Waals surface area contributed by atoms with Crippen molar-refractivity contribution in [2.45, 2.75) is 24.9 Å². The van der Waals surface area contributed by atoms with Crippen LogP contribution in [-0.4, -0.2) is 17.5 Å². The van der Waals surface area contributed by atoms with Gasteiger partial charge in [-0.25, -0.2) is 0 Å². The summed E-state index contributed by atoms with van der Waals surface area (Å²) in [6.45, 7) is 0. The molecule has 104 valence electrons. The molecule has 0 amide bonds. The first-order valence-corrected chi connectivity index (χ1v) is 8.52. The average Bonchev–Trinajstić information content (AvgIpc) is 2.55. The first-order valence-electron chi connectivity index (χ1n) is 7.37. The molecule has 2 aromatic carbocycles. The van der Waals surface area contributed by atoms with Crippen molar-refractivity contribution < 1.29 is 0 Å². The normalized spacial score (nSPS) is 19.1. The number of hydrogen-bond donors (Lipinski definition) is 1. The molecule has 1 saturated heterocycles. The molecule has 2 heteroatoms. The van der Waals surface area contributed by atoms with E-state index in [0.717, 1.165) is 0 Å². The topological polar surface area (TPSA) is 12.0 Å². The van der Waals surface area contributed by atoms with Crippen molar-refractivity contribution in [1.82, 2.24) is 5.32 Å². The van der Waals surface area contributed by atoms with E-state index in [2.05, 4.69) is 77.7 Å². The highest BCUT2D eigenvalue weighted by Crippen LogP contribution is 2.25. The lowest BCUT2D eigenvalue weighted by molar-refractivity contribution is 0.468. The maximum atomic E-state index is 3.87. The molecule has 1 aliphatic rings. The van der Waals surface area contributed by atoms with Crippen LogP contribution in [0.2, 0.25) is 0 Å². The van der Waals surface area contributed by atoms with Gasteiger partial charge < -0.3 is 5.32 Å². The third kappa shape index (κ3) is 3.44. The van der Waals surface area contributed by atoms with Crippen LogP contribution < -0.4 is 5.32 Å². The van der Waals surface area contributed by atoms with Gasteiger partial charge in [-0.3, -0.25) is 0 Å². The third-order valence-electron chi connectivity index (χ3n) is 3.83. The molecule has 3 rings (SSSR count). The molecule has 0 radical (unpaired) electrons. The Balaban J connectivity index is 1.83. The Bertz CT molecular complexity index is 466. The second-order valence-corrected chi connectivity index (χ2v) is 6.48. The third-order valence-corrected chi connectivity index (χ3v) is 5.04. The van der Waals surface area contributed by atoms with Crippen molar-refractivity contribution in [2.75, 3.05) is 11.5 Å². The molecule has 2 aromatic rings. The van der Waals surface area contributed by atoms with Crippen molar-refractivity contribution in [3.05, 3.63) is 71.8 Å². The van der Waals surface area contributed by atoms with Crippen LogP contribution in [0.5, 0.6) is 0 Å². The first-order chi connectivity index (χ1) is 9.93. The van der Waals surface area contributed by atoms with Gasteiger partial charge in [0.15, 0.2) is 0 Å². The Morgan fingerprint density at radius 1 is 0.900 bits per heavy atom. The molecule has 1 heterocycles. The maximum Gasteiger partial charge on any atom is 0.0579 e. The fourth-order valence-electron chi connectivity index (χ4n) is 2.78. The van der Waals surface area contributed by atoms with Gasteiger partial charge in [0.25, 0.3) is 0 Å². The predicted molar refractivity (Wildman–Crippen MR) is 88.2 cm³/mol. The summed E-state index contributed by atoms with van der Waals surface area (Å²) in [7, 11) is 0. The molecule has 0 spiro atoms. The number of thioether (sulfide) groups is 1. The first kappa shape index (κ1) is 13.7. The van der Waals surface area contributed by atoms with Gasteiger partial charge in [-0.05, 0) is 29.7 Å². The van der Waals surface area contributed by atoms with Crippen molar-refractivity contribution >= 4 is 11.8 Å².